The summed E-state index contributed by atoms with van der Waals surface area (Å²) in [5.41, 5.74) is 0.234. The van der Waals surface area contributed by atoms with E-state index < -0.39 is 12.6 Å². The van der Waals surface area contributed by atoms with Gasteiger partial charge in [0.25, 0.3) is 0 Å². The van der Waals surface area contributed by atoms with Crippen LogP contribution in [0.15, 0.2) is 0 Å². The van der Waals surface area contributed by atoms with Crippen LogP contribution in [0.4, 0.5) is 13.2 Å². The summed E-state index contributed by atoms with van der Waals surface area (Å²) in [6.07, 6.45) is -2.47. The lowest BCUT2D eigenvalue weighted by Gasteiger charge is -2.12. The minimum atomic E-state index is -4.05. The third-order valence-corrected chi connectivity index (χ3v) is 3.59. The summed E-state index contributed by atoms with van der Waals surface area (Å²) in [6.45, 7) is 0.810. The molecule has 0 heterocycles. The second kappa shape index (κ2) is 4.84. The summed E-state index contributed by atoms with van der Waals surface area (Å²) in [7, 11) is 0. The predicted molar refractivity (Wildman–Crippen MR) is 51.6 cm³/mol. The molecular formula is C9H14BrF3O. The molecule has 0 bridgehead atoms. The molecule has 0 aliphatic heterocycles. The largest absolute Gasteiger partial charge is 0.389 e. The monoisotopic (exact) mass is 274 g/mol. The molecular weight excluding hydrogens is 261 g/mol. The molecule has 1 saturated carbocycles. The quantitative estimate of drug-likeness (QED) is 0.532. The Balaban J connectivity index is 1.95. The lowest BCUT2D eigenvalue weighted by atomic mass is 10.2. The van der Waals surface area contributed by atoms with E-state index >= 15 is 0 Å². The first-order valence-electron chi connectivity index (χ1n) is 4.68. The lowest BCUT2D eigenvalue weighted by Crippen LogP contribution is -2.14. The maximum Gasteiger partial charge on any atom is 0.389 e. The minimum Gasteiger partial charge on any atom is -0.381 e. The van der Waals surface area contributed by atoms with Gasteiger partial charge in [-0.2, -0.15) is 13.2 Å². The average Bonchev–Trinajstić information content (AvgIpc) is 2.83. The van der Waals surface area contributed by atoms with Crippen LogP contribution < -0.4 is 0 Å². The van der Waals surface area contributed by atoms with Gasteiger partial charge in [-0.25, -0.2) is 0 Å². The van der Waals surface area contributed by atoms with Gasteiger partial charge in [0.05, 0.1) is 6.61 Å². The molecule has 0 aromatic rings. The fraction of sp³-hybridized carbons (Fsp3) is 1.00. The van der Waals surface area contributed by atoms with Gasteiger partial charge in [-0.1, -0.05) is 15.9 Å². The molecule has 0 atom stereocenters. The van der Waals surface area contributed by atoms with E-state index in [1.54, 1.807) is 0 Å². The Bertz CT molecular complexity index is 177. The molecule has 1 rings (SSSR count). The topological polar surface area (TPSA) is 9.23 Å². The molecule has 0 aromatic heterocycles. The molecule has 0 spiro atoms. The van der Waals surface area contributed by atoms with Crippen molar-refractivity contribution >= 4 is 15.9 Å². The third kappa shape index (κ3) is 4.64. The summed E-state index contributed by atoms with van der Waals surface area (Å²) in [6, 6.07) is 0. The second-order valence-corrected chi connectivity index (χ2v) is 4.47. The Morgan fingerprint density at radius 2 is 1.93 bits per heavy atom. The second-order valence-electron chi connectivity index (χ2n) is 3.90. The molecule has 0 saturated heterocycles. The van der Waals surface area contributed by atoms with Gasteiger partial charge in [-0.15, -0.1) is 0 Å². The van der Waals surface area contributed by atoms with Gasteiger partial charge >= 0.3 is 6.18 Å². The van der Waals surface area contributed by atoms with Crippen molar-refractivity contribution in [2.75, 3.05) is 18.5 Å². The zero-order chi connectivity index (χ0) is 10.7. The maximum absolute atomic E-state index is 11.7. The Labute approximate surface area is 90.1 Å². The van der Waals surface area contributed by atoms with E-state index in [2.05, 4.69) is 15.9 Å². The van der Waals surface area contributed by atoms with E-state index in [0.717, 1.165) is 18.2 Å². The van der Waals surface area contributed by atoms with Crippen LogP contribution in [0.5, 0.6) is 0 Å². The number of alkyl halides is 4. The SMILES string of the molecule is FC(F)(F)CCCOCC1(CBr)CC1. The summed E-state index contributed by atoms with van der Waals surface area (Å²) in [5, 5.41) is 0.888. The van der Waals surface area contributed by atoms with Crippen molar-refractivity contribution in [3.8, 4) is 0 Å². The molecule has 1 aliphatic carbocycles. The molecule has 1 fully saturated rings. The Kier molecular flexibility index (Phi) is 4.25. The van der Waals surface area contributed by atoms with Crippen molar-refractivity contribution < 1.29 is 17.9 Å². The molecule has 1 nitrogen and oxygen atoms in total. The smallest absolute Gasteiger partial charge is 0.381 e. The fourth-order valence-corrected chi connectivity index (χ4v) is 1.88. The molecule has 14 heavy (non-hydrogen) atoms. The van der Waals surface area contributed by atoms with E-state index in [1.165, 1.54) is 0 Å². The van der Waals surface area contributed by atoms with Gasteiger partial charge < -0.3 is 4.74 Å². The maximum atomic E-state index is 11.7. The van der Waals surface area contributed by atoms with E-state index in [4.69, 9.17) is 4.74 Å². The third-order valence-electron chi connectivity index (χ3n) is 2.40. The molecule has 0 aromatic carbocycles. The van der Waals surface area contributed by atoms with Gasteiger partial charge in [0, 0.05) is 23.8 Å². The molecule has 1 aliphatic rings. The van der Waals surface area contributed by atoms with Crippen LogP contribution in [0, 0.1) is 5.41 Å². The first-order valence-corrected chi connectivity index (χ1v) is 5.80. The van der Waals surface area contributed by atoms with Crippen LogP contribution in [0.25, 0.3) is 0 Å². The first-order chi connectivity index (χ1) is 6.47. The fourth-order valence-electron chi connectivity index (χ4n) is 1.16. The molecule has 0 unspecified atom stereocenters. The van der Waals surface area contributed by atoms with Gasteiger partial charge in [0.2, 0.25) is 0 Å². The number of rotatable bonds is 6. The van der Waals surface area contributed by atoms with Gasteiger partial charge in [-0.05, 0) is 19.3 Å². The Morgan fingerprint density at radius 3 is 2.36 bits per heavy atom. The van der Waals surface area contributed by atoms with E-state index in [0.29, 0.717) is 6.61 Å². The van der Waals surface area contributed by atoms with E-state index in [9.17, 15) is 13.2 Å². The molecule has 0 N–H and O–H groups in total. The number of hydrogen-bond donors (Lipinski definition) is 0. The zero-order valence-corrected chi connectivity index (χ0v) is 9.46. The van der Waals surface area contributed by atoms with Crippen molar-refractivity contribution in [3.05, 3.63) is 0 Å². The van der Waals surface area contributed by atoms with Crippen LogP contribution in [0.3, 0.4) is 0 Å². The number of halogens is 4. The highest BCUT2D eigenvalue weighted by Crippen LogP contribution is 2.47. The van der Waals surface area contributed by atoms with Crippen LogP contribution in [0.1, 0.15) is 25.7 Å². The summed E-state index contributed by atoms with van der Waals surface area (Å²) in [5.74, 6) is 0. The summed E-state index contributed by atoms with van der Waals surface area (Å²) in [4.78, 5) is 0. The highest BCUT2D eigenvalue weighted by molar-refractivity contribution is 9.09. The predicted octanol–water partition coefficient (Wildman–Crippen LogP) is 3.52. The van der Waals surface area contributed by atoms with Crippen molar-refractivity contribution in [2.45, 2.75) is 31.9 Å². The molecule has 0 amide bonds. The normalized spacial score (nSPS) is 19.7. The van der Waals surface area contributed by atoms with Gasteiger partial charge in [-0.3, -0.25) is 0 Å². The average molecular weight is 275 g/mol. The molecule has 0 radical (unpaired) electrons. The Morgan fingerprint density at radius 1 is 1.29 bits per heavy atom. The zero-order valence-electron chi connectivity index (χ0n) is 7.87. The highest BCUT2D eigenvalue weighted by Gasteiger charge is 2.41. The minimum absolute atomic E-state index is 0.0713. The van der Waals surface area contributed by atoms with Crippen molar-refractivity contribution in [1.29, 1.82) is 0 Å². The molecule has 5 heteroatoms. The van der Waals surface area contributed by atoms with Crippen LogP contribution >= 0.6 is 15.9 Å². The standard InChI is InChI=1S/C9H14BrF3O/c10-6-8(3-4-8)7-14-5-1-2-9(11,12)13/h1-7H2. The highest BCUT2D eigenvalue weighted by atomic mass is 79.9. The van der Waals surface area contributed by atoms with E-state index in [1.807, 2.05) is 0 Å². The van der Waals surface area contributed by atoms with E-state index in [-0.39, 0.29) is 18.4 Å². The van der Waals surface area contributed by atoms with Crippen molar-refractivity contribution in [2.24, 2.45) is 5.41 Å². The van der Waals surface area contributed by atoms with Gasteiger partial charge in [0.1, 0.15) is 0 Å². The summed E-state index contributed by atoms with van der Waals surface area (Å²) < 4.78 is 40.4. The van der Waals surface area contributed by atoms with Crippen LogP contribution in [-0.2, 0) is 4.74 Å². The summed E-state index contributed by atoms with van der Waals surface area (Å²) >= 11 is 3.37. The number of ether oxygens (including phenoxy) is 1. The van der Waals surface area contributed by atoms with Crippen LogP contribution in [-0.4, -0.2) is 24.7 Å². The first kappa shape index (κ1) is 12.3. The lowest BCUT2D eigenvalue weighted by molar-refractivity contribution is -0.138. The van der Waals surface area contributed by atoms with Crippen molar-refractivity contribution in [1.82, 2.24) is 0 Å². The molecule has 84 valence electrons. The Hall–Kier alpha value is 0.230. The number of hydrogen-bond acceptors (Lipinski definition) is 1. The van der Waals surface area contributed by atoms with Gasteiger partial charge in [0.15, 0.2) is 0 Å². The van der Waals surface area contributed by atoms with Crippen LogP contribution in [0.2, 0.25) is 0 Å². The van der Waals surface area contributed by atoms with Crippen molar-refractivity contribution in [3.63, 3.8) is 0 Å².